The molecule has 0 spiro atoms. The molecule has 0 aliphatic heterocycles. The van der Waals surface area contributed by atoms with E-state index in [2.05, 4.69) is 97.1 Å². The van der Waals surface area contributed by atoms with Crippen LogP contribution in [0.3, 0.4) is 0 Å². The van der Waals surface area contributed by atoms with Crippen LogP contribution in [0.4, 0.5) is 11.4 Å². The number of hydrogen-bond acceptors (Lipinski definition) is 2. The topological polar surface area (TPSA) is 52.0 Å². The summed E-state index contributed by atoms with van der Waals surface area (Å²) in [6.07, 6.45) is 0. The lowest BCUT2D eigenvalue weighted by molar-refractivity contribution is 1.55. The molecular formula is C30H24N2. The molecule has 0 atom stereocenters. The highest BCUT2D eigenvalue weighted by molar-refractivity contribution is 5.96. The minimum Gasteiger partial charge on any atom is -0.399 e. The van der Waals surface area contributed by atoms with Crippen LogP contribution in [0.1, 0.15) is 0 Å². The second-order valence-electron chi connectivity index (χ2n) is 7.88. The first kappa shape index (κ1) is 19.7. The Labute approximate surface area is 188 Å². The van der Waals surface area contributed by atoms with Gasteiger partial charge in [0, 0.05) is 11.4 Å². The van der Waals surface area contributed by atoms with Gasteiger partial charge in [-0.2, -0.15) is 0 Å². The molecule has 0 unspecified atom stereocenters. The van der Waals surface area contributed by atoms with Gasteiger partial charge < -0.3 is 11.5 Å². The fourth-order valence-electron chi connectivity index (χ4n) is 4.24. The van der Waals surface area contributed by atoms with E-state index >= 15 is 0 Å². The Morgan fingerprint density at radius 2 is 0.750 bits per heavy atom. The maximum Gasteiger partial charge on any atom is 0.0320 e. The SMILES string of the molecule is Nc1ccc(-c2ccc(N)cc2-c2ccccc2-c2ccccc2-c2ccccc2)cc1. The number of anilines is 2. The molecule has 5 aromatic carbocycles. The van der Waals surface area contributed by atoms with Gasteiger partial charge in [-0.05, 0) is 68.8 Å². The van der Waals surface area contributed by atoms with Gasteiger partial charge in [-0.25, -0.2) is 0 Å². The van der Waals surface area contributed by atoms with Crippen LogP contribution in [-0.2, 0) is 0 Å². The maximum atomic E-state index is 6.26. The molecule has 0 bridgehead atoms. The van der Waals surface area contributed by atoms with Crippen LogP contribution in [0.5, 0.6) is 0 Å². The predicted octanol–water partition coefficient (Wildman–Crippen LogP) is 7.52. The van der Waals surface area contributed by atoms with Gasteiger partial charge in [0.05, 0.1) is 0 Å². The van der Waals surface area contributed by atoms with Crippen LogP contribution in [0, 0.1) is 0 Å². The molecule has 0 aromatic heterocycles. The molecule has 2 heteroatoms. The van der Waals surface area contributed by atoms with E-state index in [1.54, 1.807) is 0 Å². The van der Waals surface area contributed by atoms with Gasteiger partial charge in [0.2, 0.25) is 0 Å². The van der Waals surface area contributed by atoms with Crippen LogP contribution in [0.2, 0.25) is 0 Å². The minimum absolute atomic E-state index is 0.741. The summed E-state index contributed by atoms with van der Waals surface area (Å²) in [5, 5.41) is 0. The van der Waals surface area contributed by atoms with Crippen molar-refractivity contribution in [1.29, 1.82) is 0 Å². The van der Waals surface area contributed by atoms with Crippen LogP contribution < -0.4 is 11.5 Å². The highest BCUT2D eigenvalue weighted by Crippen LogP contribution is 2.42. The average molecular weight is 413 g/mol. The van der Waals surface area contributed by atoms with Crippen molar-refractivity contribution >= 4 is 11.4 Å². The van der Waals surface area contributed by atoms with E-state index in [0.29, 0.717) is 0 Å². The lowest BCUT2D eigenvalue weighted by Gasteiger charge is -2.18. The van der Waals surface area contributed by atoms with E-state index in [-0.39, 0.29) is 0 Å². The Morgan fingerprint density at radius 3 is 1.41 bits per heavy atom. The van der Waals surface area contributed by atoms with E-state index in [1.807, 2.05) is 24.3 Å². The molecule has 154 valence electrons. The Kier molecular flexibility index (Phi) is 5.19. The normalized spacial score (nSPS) is 10.8. The van der Waals surface area contributed by atoms with E-state index in [0.717, 1.165) is 33.6 Å². The van der Waals surface area contributed by atoms with Crippen molar-refractivity contribution in [3.63, 3.8) is 0 Å². The summed E-state index contributed by atoms with van der Waals surface area (Å²) in [6.45, 7) is 0. The number of benzene rings is 5. The molecule has 0 saturated carbocycles. The van der Waals surface area contributed by atoms with Crippen molar-refractivity contribution in [2.24, 2.45) is 0 Å². The molecule has 0 amide bonds. The quantitative estimate of drug-likeness (QED) is 0.300. The minimum atomic E-state index is 0.741. The molecule has 2 nitrogen and oxygen atoms in total. The summed E-state index contributed by atoms with van der Waals surface area (Å²) in [5.41, 5.74) is 22.9. The number of nitrogen functional groups attached to an aromatic ring is 2. The Bertz CT molecular complexity index is 1370. The Morgan fingerprint density at radius 1 is 0.312 bits per heavy atom. The third-order valence-electron chi connectivity index (χ3n) is 5.78. The summed E-state index contributed by atoms with van der Waals surface area (Å²) >= 11 is 0. The fraction of sp³-hybridized carbons (Fsp3) is 0. The summed E-state index contributed by atoms with van der Waals surface area (Å²) < 4.78 is 0. The predicted molar refractivity (Wildman–Crippen MR) is 137 cm³/mol. The fourth-order valence-corrected chi connectivity index (χ4v) is 4.24. The van der Waals surface area contributed by atoms with E-state index in [4.69, 9.17) is 11.5 Å². The van der Waals surface area contributed by atoms with Crippen LogP contribution >= 0.6 is 0 Å². The van der Waals surface area contributed by atoms with Gasteiger partial charge in [-0.3, -0.25) is 0 Å². The third-order valence-corrected chi connectivity index (χ3v) is 5.78. The molecule has 0 aliphatic carbocycles. The first-order valence-corrected chi connectivity index (χ1v) is 10.7. The van der Waals surface area contributed by atoms with Crippen LogP contribution in [0.15, 0.2) is 121 Å². The van der Waals surface area contributed by atoms with Crippen molar-refractivity contribution < 1.29 is 0 Å². The van der Waals surface area contributed by atoms with Crippen molar-refractivity contribution in [3.05, 3.63) is 121 Å². The standard InChI is InChI=1S/C30H24N2/c31-23-16-14-22(15-17-23)26-19-18-24(32)20-30(26)29-13-7-6-12-28(29)27-11-5-4-10-25(27)21-8-2-1-3-9-21/h1-20H,31-32H2. The number of nitrogens with two attached hydrogens (primary N) is 2. The van der Waals surface area contributed by atoms with Gasteiger partial charge in [-0.15, -0.1) is 0 Å². The number of hydrogen-bond donors (Lipinski definition) is 2. The second-order valence-corrected chi connectivity index (χ2v) is 7.88. The Hall–Kier alpha value is -4.30. The number of rotatable bonds is 4. The average Bonchev–Trinajstić information content (AvgIpc) is 2.85. The monoisotopic (exact) mass is 412 g/mol. The van der Waals surface area contributed by atoms with Gasteiger partial charge in [0.25, 0.3) is 0 Å². The largest absolute Gasteiger partial charge is 0.399 e. The van der Waals surface area contributed by atoms with Gasteiger partial charge in [-0.1, -0.05) is 97.1 Å². The highest BCUT2D eigenvalue weighted by atomic mass is 14.5. The van der Waals surface area contributed by atoms with Crippen molar-refractivity contribution in [2.75, 3.05) is 11.5 Å². The van der Waals surface area contributed by atoms with Crippen molar-refractivity contribution in [2.45, 2.75) is 0 Å². The molecule has 0 saturated heterocycles. The third kappa shape index (κ3) is 3.75. The van der Waals surface area contributed by atoms with E-state index < -0.39 is 0 Å². The van der Waals surface area contributed by atoms with Gasteiger partial charge in [0.15, 0.2) is 0 Å². The van der Waals surface area contributed by atoms with Crippen LogP contribution in [0.25, 0.3) is 44.5 Å². The lowest BCUT2D eigenvalue weighted by Crippen LogP contribution is -1.93. The van der Waals surface area contributed by atoms with E-state index in [9.17, 15) is 0 Å². The van der Waals surface area contributed by atoms with Crippen molar-refractivity contribution in [1.82, 2.24) is 0 Å². The Balaban J connectivity index is 1.74. The van der Waals surface area contributed by atoms with Gasteiger partial charge in [0.1, 0.15) is 0 Å². The molecular weight excluding hydrogens is 388 g/mol. The highest BCUT2D eigenvalue weighted by Gasteiger charge is 2.15. The first-order chi connectivity index (χ1) is 15.7. The summed E-state index contributed by atoms with van der Waals surface area (Å²) in [6, 6.07) is 41.7. The van der Waals surface area contributed by atoms with Crippen LogP contribution in [-0.4, -0.2) is 0 Å². The van der Waals surface area contributed by atoms with E-state index in [1.165, 1.54) is 22.3 Å². The molecule has 32 heavy (non-hydrogen) atoms. The summed E-state index contributed by atoms with van der Waals surface area (Å²) in [7, 11) is 0. The van der Waals surface area contributed by atoms with Gasteiger partial charge >= 0.3 is 0 Å². The van der Waals surface area contributed by atoms with Crippen molar-refractivity contribution in [3.8, 4) is 44.5 Å². The first-order valence-electron chi connectivity index (χ1n) is 10.7. The smallest absolute Gasteiger partial charge is 0.0320 e. The zero-order valence-electron chi connectivity index (χ0n) is 17.7. The molecule has 4 N–H and O–H groups in total. The maximum absolute atomic E-state index is 6.26. The zero-order chi connectivity index (χ0) is 21.9. The molecule has 0 aliphatic rings. The summed E-state index contributed by atoms with van der Waals surface area (Å²) in [4.78, 5) is 0. The molecule has 5 aromatic rings. The molecule has 5 rings (SSSR count). The lowest BCUT2D eigenvalue weighted by atomic mass is 9.86. The molecule has 0 heterocycles. The zero-order valence-corrected chi connectivity index (χ0v) is 17.7. The molecule has 0 fully saturated rings. The molecule has 0 radical (unpaired) electrons. The second kappa shape index (κ2) is 8.44. The summed E-state index contributed by atoms with van der Waals surface area (Å²) in [5.74, 6) is 0.